The van der Waals surface area contributed by atoms with Crippen molar-refractivity contribution in [3.05, 3.63) is 30.5 Å². The lowest BCUT2D eigenvalue weighted by Crippen LogP contribution is -1.87. The molecule has 0 aromatic carbocycles. The van der Waals surface area contributed by atoms with E-state index in [4.69, 9.17) is 12.3 Å². The molecule has 0 unspecified atom stereocenters. The smallest absolute Gasteiger partial charge is 0.123 e. The van der Waals surface area contributed by atoms with Crippen molar-refractivity contribution in [1.29, 1.82) is 0 Å². The van der Waals surface area contributed by atoms with Crippen LogP contribution in [0.15, 0.2) is 18.3 Å². The Bertz CT molecular complexity index is 201. The summed E-state index contributed by atoms with van der Waals surface area (Å²) in [7, 11) is 0. The number of aromatic nitrogens is 1. The van der Waals surface area contributed by atoms with Crippen LogP contribution in [-0.4, -0.2) is 4.98 Å². The molecule has 9 heavy (non-hydrogen) atoms. The summed E-state index contributed by atoms with van der Waals surface area (Å²) in [5.41, 5.74) is 6.19. The van der Waals surface area contributed by atoms with Crippen LogP contribution in [0, 0.1) is 6.58 Å². The van der Waals surface area contributed by atoms with Crippen molar-refractivity contribution in [1.82, 2.24) is 4.98 Å². The van der Waals surface area contributed by atoms with E-state index in [0.717, 1.165) is 5.56 Å². The molecule has 1 aromatic rings. The number of nitrogens with zero attached hydrogens (tertiary/aromatic N) is 1. The quantitative estimate of drug-likeness (QED) is 0.601. The standard InChI is InChI=1S/C7H7N2/c1-2-6-3-4-7(8)9-5-6/h1-5H,(H2,8,9). The van der Waals surface area contributed by atoms with Crippen LogP contribution in [0.4, 0.5) is 5.82 Å². The van der Waals surface area contributed by atoms with Crippen LogP contribution in [0.5, 0.6) is 0 Å². The molecule has 45 valence electrons. The van der Waals surface area contributed by atoms with Crippen molar-refractivity contribution in [2.75, 3.05) is 5.73 Å². The maximum absolute atomic E-state index is 5.32. The summed E-state index contributed by atoms with van der Waals surface area (Å²) in [6, 6.07) is 3.51. The van der Waals surface area contributed by atoms with Crippen LogP contribution < -0.4 is 5.73 Å². The average molecular weight is 119 g/mol. The zero-order valence-electron chi connectivity index (χ0n) is 4.91. The van der Waals surface area contributed by atoms with Gasteiger partial charge in [-0.3, -0.25) is 0 Å². The van der Waals surface area contributed by atoms with Gasteiger partial charge in [-0.2, -0.15) is 0 Å². The fourth-order valence-corrected chi connectivity index (χ4v) is 0.515. The number of hydrogen-bond acceptors (Lipinski definition) is 2. The minimum Gasteiger partial charge on any atom is -0.384 e. The predicted molar refractivity (Wildman–Crippen MR) is 37.4 cm³/mol. The molecule has 2 N–H and O–H groups in total. The van der Waals surface area contributed by atoms with E-state index < -0.39 is 0 Å². The second-order valence-electron chi connectivity index (χ2n) is 1.68. The van der Waals surface area contributed by atoms with Crippen LogP contribution in [0.1, 0.15) is 5.56 Å². The van der Waals surface area contributed by atoms with Gasteiger partial charge in [0.1, 0.15) is 5.82 Å². The molecule has 0 saturated heterocycles. The second kappa shape index (κ2) is 2.31. The zero-order valence-corrected chi connectivity index (χ0v) is 4.91. The summed E-state index contributed by atoms with van der Waals surface area (Å²) in [4.78, 5) is 3.82. The third kappa shape index (κ3) is 1.29. The monoisotopic (exact) mass is 119 g/mol. The fourth-order valence-electron chi connectivity index (χ4n) is 0.515. The van der Waals surface area contributed by atoms with Crippen LogP contribution in [0.2, 0.25) is 0 Å². The first-order chi connectivity index (χ1) is 4.33. The lowest BCUT2D eigenvalue weighted by Gasteiger charge is -1.90. The first-order valence-electron chi connectivity index (χ1n) is 2.59. The molecule has 0 atom stereocenters. The average Bonchev–Trinajstić information content (AvgIpc) is 1.90. The summed E-state index contributed by atoms with van der Waals surface area (Å²) in [5.74, 6) is 0.514. The van der Waals surface area contributed by atoms with Crippen molar-refractivity contribution in [2.45, 2.75) is 0 Å². The number of nitrogens with two attached hydrogens (primary N) is 1. The molecule has 0 fully saturated rings. The lowest BCUT2D eigenvalue weighted by molar-refractivity contribution is 1.33. The third-order valence-corrected chi connectivity index (χ3v) is 1.00. The molecule has 0 amide bonds. The first kappa shape index (κ1) is 5.82. The van der Waals surface area contributed by atoms with E-state index in [2.05, 4.69) is 4.98 Å². The normalized spacial score (nSPS) is 8.89. The summed E-state index contributed by atoms with van der Waals surface area (Å²) in [6.07, 6.45) is 3.10. The van der Waals surface area contributed by atoms with Crippen LogP contribution in [0.3, 0.4) is 0 Å². The number of anilines is 1. The summed E-state index contributed by atoms with van der Waals surface area (Å²) in [5, 5.41) is 0. The molecule has 1 heterocycles. The summed E-state index contributed by atoms with van der Waals surface area (Å²) >= 11 is 0. The van der Waals surface area contributed by atoms with Crippen LogP contribution >= 0.6 is 0 Å². The molecule has 0 aliphatic carbocycles. The molecule has 1 rings (SSSR count). The SMILES string of the molecule is [CH]=Cc1ccc(N)nc1. The Balaban J connectivity index is 3.01. The minimum absolute atomic E-state index is 0.514. The summed E-state index contributed by atoms with van der Waals surface area (Å²) < 4.78 is 0. The van der Waals surface area contributed by atoms with E-state index in [1.807, 2.05) is 6.07 Å². The van der Waals surface area contributed by atoms with Crippen molar-refractivity contribution in [3.8, 4) is 0 Å². The Morgan fingerprint density at radius 3 is 2.78 bits per heavy atom. The highest BCUT2D eigenvalue weighted by molar-refractivity contribution is 5.46. The van der Waals surface area contributed by atoms with Gasteiger partial charge >= 0.3 is 0 Å². The Morgan fingerprint density at radius 2 is 2.33 bits per heavy atom. The van der Waals surface area contributed by atoms with Crippen molar-refractivity contribution in [3.63, 3.8) is 0 Å². The topological polar surface area (TPSA) is 38.9 Å². The third-order valence-electron chi connectivity index (χ3n) is 1.00. The maximum atomic E-state index is 5.32. The number of nitrogen functional groups attached to an aromatic ring is 1. The van der Waals surface area contributed by atoms with Crippen LogP contribution in [-0.2, 0) is 0 Å². The van der Waals surface area contributed by atoms with Gasteiger partial charge in [-0.15, -0.1) is 0 Å². The Kier molecular flexibility index (Phi) is 1.49. The number of rotatable bonds is 1. The van der Waals surface area contributed by atoms with Crippen LogP contribution in [0.25, 0.3) is 6.08 Å². The number of pyridine rings is 1. The summed E-state index contributed by atoms with van der Waals surface area (Å²) in [6.45, 7) is 5.19. The van der Waals surface area contributed by atoms with Gasteiger partial charge in [0.05, 0.1) is 0 Å². The van der Waals surface area contributed by atoms with Crippen molar-refractivity contribution in [2.24, 2.45) is 0 Å². The van der Waals surface area contributed by atoms with E-state index >= 15 is 0 Å². The van der Waals surface area contributed by atoms with Gasteiger partial charge in [0.15, 0.2) is 0 Å². The van der Waals surface area contributed by atoms with Gasteiger partial charge < -0.3 is 5.73 Å². The molecule has 2 heteroatoms. The zero-order chi connectivity index (χ0) is 6.69. The van der Waals surface area contributed by atoms with E-state index in [1.165, 1.54) is 6.08 Å². The van der Waals surface area contributed by atoms with Gasteiger partial charge in [-0.1, -0.05) is 12.7 Å². The molecule has 1 aromatic heterocycles. The second-order valence-corrected chi connectivity index (χ2v) is 1.68. The lowest BCUT2D eigenvalue weighted by atomic mass is 10.3. The molecular formula is C7H7N2. The van der Waals surface area contributed by atoms with Gasteiger partial charge in [-0.25, -0.2) is 4.98 Å². The largest absolute Gasteiger partial charge is 0.384 e. The van der Waals surface area contributed by atoms with Gasteiger partial charge in [-0.05, 0) is 17.7 Å². The Hall–Kier alpha value is -1.31. The molecule has 0 aliphatic rings. The molecule has 0 aliphatic heterocycles. The fraction of sp³-hybridized carbons (Fsp3) is 0. The Labute approximate surface area is 54.0 Å². The molecule has 1 radical (unpaired) electrons. The highest BCUT2D eigenvalue weighted by Crippen LogP contribution is 2.00. The van der Waals surface area contributed by atoms with Crippen molar-refractivity contribution < 1.29 is 0 Å². The van der Waals surface area contributed by atoms with E-state index in [1.54, 1.807) is 12.3 Å². The molecule has 2 nitrogen and oxygen atoms in total. The molecule has 0 saturated carbocycles. The molecule has 0 bridgehead atoms. The number of hydrogen-bond donors (Lipinski definition) is 1. The molecule has 0 spiro atoms. The van der Waals surface area contributed by atoms with E-state index in [9.17, 15) is 0 Å². The Morgan fingerprint density at radius 1 is 1.56 bits per heavy atom. The van der Waals surface area contributed by atoms with Gasteiger partial charge in [0, 0.05) is 6.20 Å². The van der Waals surface area contributed by atoms with Gasteiger partial charge in [0.25, 0.3) is 0 Å². The van der Waals surface area contributed by atoms with Crippen molar-refractivity contribution >= 4 is 11.9 Å². The van der Waals surface area contributed by atoms with E-state index in [0.29, 0.717) is 5.82 Å². The first-order valence-corrected chi connectivity index (χ1v) is 2.59. The minimum atomic E-state index is 0.514. The maximum Gasteiger partial charge on any atom is 0.123 e. The predicted octanol–water partition coefficient (Wildman–Crippen LogP) is 1.11. The molecular weight excluding hydrogens is 112 g/mol. The van der Waals surface area contributed by atoms with Gasteiger partial charge in [0.2, 0.25) is 0 Å². The highest BCUT2D eigenvalue weighted by Gasteiger charge is 1.84. The highest BCUT2D eigenvalue weighted by atomic mass is 14.8. The van der Waals surface area contributed by atoms with E-state index in [-0.39, 0.29) is 0 Å².